The number of H-pyrrole nitrogens is 3. The van der Waals surface area contributed by atoms with Crippen molar-refractivity contribution in [3.8, 4) is 11.4 Å². The van der Waals surface area contributed by atoms with Crippen LogP contribution in [0.4, 0.5) is 0 Å². The molecule has 3 aromatic rings. The Kier molecular flexibility index (Phi) is 12.8. The number of hydrogen-bond donors (Lipinski definition) is 4. The zero-order valence-electron chi connectivity index (χ0n) is 36.6. The first kappa shape index (κ1) is 42.2. The third-order valence-electron chi connectivity index (χ3n) is 12.8. The third kappa shape index (κ3) is 7.77. The van der Waals surface area contributed by atoms with Gasteiger partial charge in [-0.05, 0) is 153 Å². The molecular formula is C48H62N6O4. The van der Waals surface area contributed by atoms with Crippen molar-refractivity contribution >= 4 is 35.5 Å². The predicted molar refractivity (Wildman–Crippen MR) is 236 cm³/mol. The molecule has 3 aliphatic rings. The molecule has 0 bridgehead atoms. The molecule has 10 heteroatoms. The Labute approximate surface area is 344 Å². The largest absolute Gasteiger partial charge is 0.469 e. The van der Waals surface area contributed by atoms with Gasteiger partial charge >= 0.3 is 11.9 Å². The van der Waals surface area contributed by atoms with Crippen molar-refractivity contribution in [2.45, 2.75) is 127 Å². The summed E-state index contributed by atoms with van der Waals surface area (Å²) in [5.41, 5.74) is 21.4. The Morgan fingerprint density at radius 2 is 1.24 bits per heavy atom. The van der Waals surface area contributed by atoms with Crippen LogP contribution in [-0.4, -0.2) is 52.5 Å². The Morgan fingerprint density at radius 1 is 0.707 bits per heavy atom. The van der Waals surface area contributed by atoms with Crippen LogP contribution in [0.25, 0.3) is 23.5 Å². The highest BCUT2D eigenvalue weighted by atomic mass is 16.5. The van der Waals surface area contributed by atoms with Gasteiger partial charge in [-0.25, -0.2) is 9.98 Å². The van der Waals surface area contributed by atoms with Crippen molar-refractivity contribution < 1.29 is 19.1 Å². The van der Waals surface area contributed by atoms with Gasteiger partial charge in [0.2, 0.25) is 0 Å². The number of hydrogen-bond acceptors (Lipinski definition) is 7. The number of carbonyl (C=O) groups is 2. The molecule has 0 spiro atoms. The van der Waals surface area contributed by atoms with E-state index in [1.165, 1.54) is 58.9 Å². The lowest BCUT2D eigenvalue weighted by molar-refractivity contribution is -0.141. The summed E-state index contributed by atoms with van der Waals surface area (Å²) in [4.78, 5) is 47.0. The number of esters is 2. The van der Waals surface area contributed by atoms with Gasteiger partial charge in [-0.3, -0.25) is 9.59 Å². The number of ether oxygens (including phenoxy) is 2. The normalized spacial score (nSPS) is 19.4. The van der Waals surface area contributed by atoms with Gasteiger partial charge in [-0.1, -0.05) is 34.6 Å². The molecule has 0 saturated heterocycles. The van der Waals surface area contributed by atoms with Gasteiger partial charge in [0.05, 0.1) is 54.5 Å². The van der Waals surface area contributed by atoms with Crippen molar-refractivity contribution in [3.63, 3.8) is 0 Å². The van der Waals surface area contributed by atoms with Crippen molar-refractivity contribution in [1.82, 2.24) is 20.3 Å². The molecule has 58 heavy (non-hydrogen) atoms. The molecule has 0 amide bonds. The minimum absolute atomic E-state index is 0.180. The van der Waals surface area contributed by atoms with Crippen LogP contribution < -0.4 is 5.32 Å². The fourth-order valence-electron chi connectivity index (χ4n) is 9.09. The SMILES string of the molecule is CCC1=CNC(c2[nH]c(C=C3N=C(C4=N/C(=C\c5[nH]c(-c6[nH]cc(CC)c6C)c(C)c5CC)C(C)=C4CCC(=O)OC)C(CCC(=O)OC)=C3C)c(CC)c2C)C1C. The monoisotopic (exact) mass is 786 g/mol. The zero-order valence-corrected chi connectivity index (χ0v) is 36.6. The van der Waals surface area contributed by atoms with Gasteiger partial charge in [0.1, 0.15) is 0 Å². The molecule has 0 aliphatic carbocycles. The lowest BCUT2D eigenvalue weighted by Gasteiger charge is -2.18. The van der Waals surface area contributed by atoms with E-state index in [4.69, 9.17) is 19.5 Å². The number of carbonyl (C=O) groups excluding carboxylic acids is 2. The van der Waals surface area contributed by atoms with E-state index in [9.17, 15) is 9.59 Å². The van der Waals surface area contributed by atoms with Crippen LogP contribution in [0.2, 0.25) is 0 Å². The Hall–Kier alpha value is -5.38. The Morgan fingerprint density at radius 3 is 1.71 bits per heavy atom. The van der Waals surface area contributed by atoms with Gasteiger partial charge in [-0.2, -0.15) is 0 Å². The van der Waals surface area contributed by atoms with Gasteiger partial charge in [-0.15, -0.1) is 0 Å². The summed E-state index contributed by atoms with van der Waals surface area (Å²) in [7, 11) is 2.84. The Balaban J connectivity index is 1.48. The zero-order chi connectivity index (χ0) is 42.0. The maximum absolute atomic E-state index is 12.6. The second-order valence-electron chi connectivity index (χ2n) is 15.8. The fourth-order valence-corrected chi connectivity index (χ4v) is 9.09. The van der Waals surface area contributed by atoms with Crippen LogP contribution in [0.5, 0.6) is 0 Å². The van der Waals surface area contributed by atoms with Gasteiger partial charge in [0, 0.05) is 42.0 Å². The van der Waals surface area contributed by atoms with E-state index < -0.39 is 0 Å². The summed E-state index contributed by atoms with van der Waals surface area (Å²) in [5.74, 6) is -0.183. The maximum atomic E-state index is 12.6. The molecule has 0 fully saturated rings. The quantitative estimate of drug-likeness (QED) is 0.114. The van der Waals surface area contributed by atoms with Crippen LogP contribution in [0.1, 0.15) is 137 Å². The second kappa shape index (κ2) is 17.6. The first-order chi connectivity index (χ1) is 27.8. The third-order valence-corrected chi connectivity index (χ3v) is 12.8. The molecule has 3 aromatic heterocycles. The number of aromatic nitrogens is 3. The highest BCUT2D eigenvalue weighted by Crippen LogP contribution is 2.41. The fraction of sp³-hybridized carbons (Fsp3) is 0.458. The number of nitrogens with one attached hydrogen (secondary N) is 4. The van der Waals surface area contributed by atoms with Crippen molar-refractivity contribution in [1.29, 1.82) is 0 Å². The van der Waals surface area contributed by atoms with E-state index in [1.807, 2.05) is 0 Å². The molecule has 308 valence electrons. The number of aliphatic imine (C=N–C) groups is 2. The molecule has 0 aromatic carbocycles. The lowest BCUT2D eigenvalue weighted by atomic mass is 9.91. The van der Waals surface area contributed by atoms with E-state index >= 15 is 0 Å². The molecule has 3 aliphatic heterocycles. The average Bonchev–Trinajstić information content (AvgIpc) is 4.05. The smallest absolute Gasteiger partial charge is 0.305 e. The summed E-state index contributed by atoms with van der Waals surface area (Å²) in [6.45, 7) is 21.8. The van der Waals surface area contributed by atoms with Crippen LogP contribution >= 0.6 is 0 Å². The average molecular weight is 787 g/mol. The number of nitrogens with zero attached hydrogens (tertiary/aromatic N) is 2. The van der Waals surface area contributed by atoms with Crippen molar-refractivity contribution in [2.75, 3.05) is 14.2 Å². The van der Waals surface area contributed by atoms with Gasteiger partial charge < -0.3 is 29.7 Å². The molecule has 0 radical (unpaired) electrons. The maximum Gasteiger partial charge on any atom is 0.305 e. The molecule has 6 rings (SSSR count). The van der Waals surface area contributed by atoms with Crippen LogP contribution in [0, 0.1) is 26.7 Å². The number of rotatable bonds is 15. The molecule has 10 nitrogen and oxygen atoms in total. The summed E-state index contributed by atoms with van der Waals surface area (Å²) < 4.78 is 10.2. The first-order valence-electron chi connectivity index (χ1n) is 21.0. The van der Waals surface area contributed by atoms with E-state index in [0.29, 0.717) is 18.8 Å². The minimum atomic E-state index is -0.285. The first-order valence-corrected chi connectivity index (χ1v) is 21.0. The predicted octanol–water partition coefficient (Wildman–Crippen LogP) is 10.4. The summed E-state index contributed by atoms with van der Waals surface area (Å²) in [5, 5.41) is 3.64. The molecule has 2 atom stereocenters. The van der Waals surface area contributed by atoms with E-state index in [0.717, 1.165) is 93.6 Å². The topological polar surface area (TPSA) is 137 Å². The highest BCUT2D eigenvalue weighted by molar-refractivity contribution is 6.55. The molecule has 6 heterocycles. The molecule has 4 N–H and O–H groups in total. The van der Waals surface area contributed by atoms with Gasteiger partial charge in [0.15, 0.2) is 0 Å². The van der Waals surface area contributed by atoms with E-state index in [-0.39, 0.29) is 30.8 Å². The number of allylic oxidation sites excluding steroid dienone is 4. The summed E-state index contributed by atoms with van der Waals surface area (Å²) in [6.07, 6.45) is 13.6. The van der Waals surface area contributed by atoms with E-state index in [2.05, 4.69) is 114 Å². The highest BCUT2D eigenvalue weighted by Gasteiger charge is 2.34. The minimum Gasteiger partial charge on any atom is -0.469 e. The van der Waals surface area contributed by atoms with Crippen LogP contribution in [0.15, 0.2) is 61.6 Å². The second-order valence-corrected chi connectivity index (χ2v) is 15.8. The Bertz CT molecular complexity index is 2350. The lowest BCUT2D eigenvalue weighted by Crippen LogP contribution is -2.18. The number of aryl methyl sites for hydroxylation is 1. The van der Waals surface area contributed by atoms with Crippen molar-refractivity contribution in [2.24, 2.45) is 15.9 Å². The summed E-state index contributed by atoms with van der Waals surface area (Å²) >= 11 is 0. The summed E-state index contributed by atoms with van der Waals surface area (Å²) in [6, 6.07) is 0.180. The van der Waals surface area contributed by atoms with Crippen LogP contribution in [0.3, 0.4) is 0 Å². The van der Waals surface area contributed by atoms with Crippen molar-refractivity contribution in [3.05, 3.63) is 102 Å². The number of methoxy groups -OCH3 is 2. The molecular weight excluding hydrogens is 725 g/mol. The van der Waals surface area contributed by atoms with E-state index in [1.54, 1.807) is 0 Å². The molecule has 2 unspecified atom stereocenters. The number of aromatic amines is 3. The van der Waals surface area contributed by atoms with Gasteiger partial charge in [0.25, 0.3) is 0 Å². The standard InChI is InChI=1S/C48H62N6O4/c1-13-31-23-49-43(25(31)5)45-29(9)33(15-3)39(53-45)21-37-27(7)35(17-19-41(55)57-11)47(51-37)48-36(18-20-42(56)58-12)28(8)38(52-48)22-40-34(16-4)30(10)46(54-40)44-26(6)32(14-2)24-50-44/h21-25,43,49-50,53-54H,13-20H2,1-12H3/b37-21?,38-22-. The van der Waals surface area contributed by atoms with Crippen LogP contribution in [-0.2, 0) is 38.3 Å². The molecule has 0 saturated carbocycles.